The summed E-state index contributed by atoms with van der Waals surface area (Å²) in [5, 5.41) is 21.0. The van der Waals surface area contributed by atoms with Gasteiger partial charge in [0, 0.05) is 11.8 Å². The third-order valence-corrected chi connectivity index (χ3v) is 3.71. The first-order valence-electron chi connectivity index (χ1n) is 7.44. The first kappa shape index (κ1) is 14.8. The fraction of sp³-hybridized carbons (Fsp3) is 0. The normalized spacial score (nSPS) is 10.1. The molecule has 2 N–H and O–H groups in total. The number of benzene rings is 4. The lowest BCUT2D eigenvalue weighted by atomic mass is 10.0. The average Bonchev–Trinajstić information content (AvgIpc) is 2.61. The van der Waals surface area contributed by atoms with E-state index in [-0.39, 0.29) is 5.75 Å². The predicted molar refractivity (Wildman–Crippen MR) is 97.4 cm³/mol. The molecule has 0 aliphatic heterocycles. The van der Waals surface area contributed by atoms with Gasteiger partial charge in [-0.2, -0.15) is 0 Å². The van der Waals surface area contributed by atoms with Gasteiger partial charge in [-0.25, -0.2) is 0 Å². The van der Waals surface area contributed by atoms with Crippen molar-refractivity contribution < 1.29 is 5.11 Å². The van der Waals surface area contributed by atoms with Crippen molar-refractivity contribution in [3.05, 3.63) is 90.5 Å². The molecule has 2 nitrogen and oxygen atoms in total. The van der Waals surface area contributed by atoms with Crippen LogP contribution in [0.3, 0.4) is 0 Å². The molecule has 0 amide bonds. The van der Waals surface area contributed by atoms with Crippen LogP contribution in [0.2, 0.25) is 0 Å². The molecule has 0 saturated carbocycles. The minimum absolute atomic E-state index is 0.160. The van der Waals surface area contributed by atoms with E-state index in [0.717, 1.165) is 6.21 Å². The molecular formula is C21H17NO. The summed E-state index contributed by atoms with van der Waals surface area (Å²) >= 11 is 0. The molecule has 112 valence electrons. The zero-order chi connectivity index (χ0) is 16.1. The van der Waals surface area contributed by atoms with Crippen molar-refractivity contribution >= 4 is 27.8 Å². The number of para-hydroxylation sites is 1. The Morgan fingerprint density at radius 1 is 0.609 bits per heavy atom. The van der Waals surface area contributed by atoms with Gasteiger partial charge >= 0.3 is 0 Å². The molecule has 4 aromatic carbocycles. The highest BCUT2D eigenvalue weighted by Gasteiger charge is 1.95. The number of aromatic hydroxyl groups is 1. The summed E-state index contributed by atoms with van der Waals surface area (Å²) in [6.07, 6.45) is 1.12. The number of rotatable bonds is 1. The fourth-order valence-corrected chi connectivity index (χ4v) is 2.49. The second-order valence-electron chi connectivity index (χ2n) is 5.25. The van der Waals surface area contributed by atoms with Crippen molar-refractivity contribution in [2.24, 2.45) is 0 Å². The van der Waals surface area contributed by atoms with Crippen molar-refractivity contribution in [3.63, 3.8) is 0 Å². The smallest absolute Gasteiger partial charge is 0.124 e. The molecule has 0 bridgehead atoms. The highest BCUT2D eigenvalue weighted by molar-refractivity contribution is 5.98. The third kappa shape index (κ3) is 3.38. The zero-order valence-corrected chi connectivity index (χ0v) is 12.6. The molecule has 0 atom stereocenters. The van der Waals surface area contributed by atoms with E-state index in [9.17, 15) is 0 Å². The van der Waals surface area contributed by atoms with Crippen LogP contribution in [0.15, 0.2) is 84.9 Å². The molecule has 0 aromatic heterocycles. The van der Waals surface area contributed by atoms with Gasteiger partial charge in [-0.3, -0.25) is 0 Å². The number of hydrogen-bond donors (Lipinski definition) is 2. The molecule has 0 fully saturated rings. The summed E-state index contributed by atoms with van der Waals surface area (Å²) in [6, 6.07) is 28.2. The van der Waals surface area contributed by atoms with E-state index in [4.69, 9.17) is 10.5 Å². The number of nitrogens with one attached hydrogen (secondary N) is 1. The Morgan fingerprint density at radius 3 is 1.35 bits per heavy atom. The number of phenols is 1. The molecule has 0 saturated heterocycles. The van der Waals surface area contributed by atoms with E-state index in [1.165, 1.54) is 21.5 Å². The van der Waals surface area contributed by atoms with Crippen LogP contribution in [-0.4, -0.2) is 11.3 Å². The summed E-state index contributed by atoms with van der Waals surface area (Å²) < 4.78 is 0. The first-order valence-corrected chi connectivity index (χ1v) is 7.44. The van der Waals surface area contributed by atoms with Gasteiger partial charge in [0.05, 0.1) is 0 Å². The van der Waals surface area contributed by atoms with E-state index in [1.807, 2.05) is 0 Å². The van der Waals surface area contributed by atoms with E-state index in [2.05, 4.69) is 60.7 Å². The van der Waals surface area contributed by atoms with Crippen LogP contribution in [0.25, 0.3) is 21.5 Å². The lowest BCUT2D eigenvalue weighted by Gasteiger charge is -2.00. The van der Waals surface area contributed by atoms with Gasteiger partial charge in [-0.1, -0.05) is 60.7 Å². The van der Waals surface area contributed by atoms with Gasteiger partial charge in [0.2, 0.25) is 0 Å². The Morgan fingerprint density at radius 2 is 1.00 bits per heavy atom. The van der Waals surface area contributed by atoms with Crippen molar-refractivity contribution in [1.82, 2.24) is 0 Å². The maximum atomic E-state index is 8.96. The topological polar surface area (TPSA) is 44.1 Å². The van der Waals surface area contributed by atoms with Gasteiger partial charge < -0.3 is 10.5 Å². The Balaban J connectivity index is 0.000000151. The highest BCUT2D eigenvalue weighted by atomic mass is 16.3. The minimum atomic E-state index is 0.160. The summed E-state index contributed by atoms with van der Waals surface area (Å²) in [7, 11) is 0. The van der Waals surface area contributed by atoms with E-state index >= 15 is 0 Å². The summed E-state index contributed by atoms with van der Waals surface area (Å²) in [4.78, 5) is 0. The number of hydrogen-bond acceptors (Lipinski definition) is 2. The second-order valence-corrected chi connectivity index (χ2v) is 5.25. The van der Waals surface area contributed by atoms with E-state index < -0.39 is 0 Å². The van der Waals surface area contributed by atoms with E-state index in [1.54, 1.807) is 24.3 Å². The molecule has 0 aliphatic rings. The molecule has 0 aliphatic carbocycles. The van der Waals surface area contributed by atoms with Gasteiger partial charge in [-0.05, 0) is 45.8 Å². The fourth-order valence-electron chi connectivity index (χ4n) is 2.49. The molecule has 23 heavy (non-hydrogen) atoms. The van der Waals surface area contributed by atoms with Crippen molar-refractivity contribution in [2.45, 2.75) is 0 Å². The largest absolute Gasteiger partial charge is 0.507 e. The van der Waals surface area contributed by atoms with Crippen LogP contribution in [0, 0.1) is 5.41 Å². The van der Waals surface area contributed by atoms with Crippen LogP contribution in [0.4, 0.5) is 0 Å². The minimum Gasteiger partial charge on any atom is -0.507 e. The van der Waals surface area contributed by atoms with Crippen molar-refractivity contribution in [1.29, 1.82) is 5.41 Å². The van der Waals surface area contributed by atoms with Crippen molar-refractivity contribution in [3.8, 4) is 5.75 Å². The molecule has 0 spiro atoms. The van der Waals surface area contributed by atoms with Crippen LogP contribution in [-0.2, 0) is 0 Å². The maximum Gasteiger partial charge on any atom is 0.124 e. The lowest BCUT2D eigenvalue weighted by molar-refractivity contribution is 0.474. The Kier molecular flexibility index (Phi) is 4.34. The first-order chi connectivity index (χ1) is 11.3. The van der Waals surface area contributed by atoms with E-state index in [0.29, 0.717) is 5.56 Å². The lowest BCUT2D eigenvalue weighted by Crippen LogP contribution is -1.77. The molecular weight excluding hydrogens is 282 g/mol. The van der Waals surface area contributed by atoms with Crippen LogP contribution in [0.1, 0.15) is 5.56 Å². The number of fused-ring (bicyclic) bond motifs is 2. The van der Waals surface area contributed by atoms with Crippen LogP contribution < -0.4 is 0 Å². The van der Waals surface area contributed by atoms with Gasteiger partial charge in [0.1, 0.15) is 5.75 Å². The third-order valence-electron chi connectivity index (χ3n) is 3.71. The average molecular weight is 299 g/mol. The summed E-state index contributed by atoms with van der Waals surface area (Å²) in [5.74, 6) is 0.160. The Labute approximate surface area is 135 Å². The quantitative estimate of drug-likeness (QED) is 0.359. The van der Waals surface area contributed by atoms with Gasteiger partial charge in [-0.15, -0.1) is 0 Å². The monoisotopic (exact) mass is 299 g/mol. The standard InChI is InChI=1S/C14H10.C7H7NO/c1-2-6-12-10-14-8-4-3-7-13(14)9-11(12)5-1;8-5-6-3-1-2-4-7(6)9/h1-10H;1-5,8-9H. The predicted octanol–water partition coefficient (Wildman–Crippen LogP) is 5.38. The Hall–Kier alpha value is -3.13. The highest BCUT2D eigenvalue weighted by Crippen LogP contribution is 2.22. The molecule has 4 aromatic rings. The van der Waals surface area contributed by atoms with Gasteiger partial charge in [0.25, 0.3) is 0 Å². The number of phenolic OH excluding ortho intramolecular Hbond substituents is 1. The van der Waals surface area contributed by atoms with Gasteiger partial charge in [0.15, 0.2) is 0 Å². The van der Waals surface area contributed by atoms with Crippen LogP contribution in [0.5, 0.6) is 5.75 Å². The van der Waals surface area contributed by atoms with Crippen LogP contribution >= 0.6 is 0 Å². The molecule has 2 heteroatoms. The summed E-state index contributed by atoms with van der Waals surface area (Å²) in [5.41, 5.74) is 0.553. The zero-order valence-electron chi connectivity index (χ0n) is 12.6. The Bertz CT molecular complexity index is 855. The maximum absolute atomic E-state index is 8.96. The molecule has 4 rings (SSSR count). The molecule has 0 unspecified atom stereocenters. The van der Waals surface area contributed by atoms with Crippen molar-refractivity contribution in [2.75, 3.05) is 0 Å². The summed E-state index contributed by atoms with van der Waals surface area (Å²) in [6.45, 7) is 0. The second kappa shape index (κ2) is 6.75. The molecule has 0 heterocycles. The molecule has 0 radical (unpaired) electrons. The SMILES string of the molecule is N=Cc1ccccc1O.c1ccc2cc3ccccc3cc2c1.